The maximum Gasteiger partial charge on any atom is 0.167 e. The molecule has 0 aliphatic rings. The van der Waals surface area contributed by atoms with Crippen molar-refractivity contribution in [3.05, 3.63) is 94.1 Å². The molecule has 0 saturated carbocycles. The van der Waals surface area contributed by atoms with Gasteiger partial charge in [0.15, 0.2) is 23.3 Å². The molecule has 0 aromatic heterocycles. The fraction of sp³-hybridized carbons (Fsp3) is 0.167. The second kappa shape index (κ2) is 9.05. The standard InChI is InChI=1S/C24H20F4O/c1-3-29-14-19-12-13-20(24(28)23(19)27)17-9-5-16(6-10-17)7-11-18-8-4-15(2)21(25)22(18)26/h4-13H,3,14H2,1-2H3/b11-7+. The third-order valence-electron chi connectivity index (χ3n) is 4.61. The Kier molecular flexibility index (Phi) is 6.49. The number of ether oxygens (including phenoxy) is 1. The van der Waals surface area contributed by atoms with E-state index in [1.54, 1.807) is 37.3 Å². The lowest BCUT2D eigenvalue weighted by Crippen LogP contribution is -2.00. The fourth-order valence-corrected chi connectivity index (χ4v) is 2.89. The lowest BCUT2D eigenvalue weighted by Gasteiger charge is -2.09. The lowest BCUT2D eigenvalue weighted by atomic mass is 10.0. The van der Waals surface area contributed by atoms with Crippen LogP contribution < -0.4 is 0 Å². The summed E-state index contributed by atoms with van der Waals surface area (Å²) in [5.74, 6) is -3.62. The average molecular weight is 400 g/mol. The van der Waals surface area contributed by atoms with Gasteiger partial charge in [0.05, 0.1) is 6.61 Å². The van der Waals surface area contributed by atoms with Crippen LogP contribution in [0.3, 0.4) is 0 Å². The third kappa shape index (κ3) is 4.57. The number of aryl methyl sites for hydroxylation is 1. The van der Waals surface area contributed by atoms with Crippen molar-refractivity contribution in [2.45, 2.75) is 20.5 Å². The van der Waals surface area contributed by atoms with Crippen molar-refractivity contribution in [2.24, 2.45) is 0 Å². The molecular formula is C24H20F4O. The highest BCUT2D eigenvalue weighted by molar-refractivity contribution is 5.72. The zero-order valence-corrected chi connectivity index (χ0v) is 16.1. The predicted molar refractivity (Wildman–Crippen MR) is 107 cm³/mol. The molecule has 3 aromatic carbocycles. The van der Waals surface area contributed by atoms with Gasteiger partial charge < -0.3 is 4.74 Å². The highest BCUT2D eigenvalue weighted by Gasteiger charge is 2.14. The number of hydrogen-bond acceptors (Lipinski definition) is 1. The minimum Gasteiger partial charge on any atom is -0.377 e. The quantitative estimate of drug-likeness (QED) is 0.322. The zero-order chi connectivity index (χ0) is 21.0. The highest BCUT2D eigenvalue weighted by atomic mass is 19.2. The van der Waals surface area contributed by atoms with Crippen molar-refractivity contribution < 1.29 is 22.3 Å². The van der Waals surface area contributed by atoms with E-state index in [2.05, 4.69) is 0 Å². The average Bonchev–Trinajstić information content (AvgIpc) is 2.73. The van der Waals surface area contributed by atoms with Gasteiger partial charge in [-0.05, 0) is 30.5 Å². The Morgan fingerprint density at radius 2 is 1.48 bits per heavy atom. The van der Waals surface area contributed by atoms with E-state index in [0.717, 1.165) is 0 Å². The molecule has 0 saturated heterocycles. The van der Waals surface area contributed by atoms with Gasteiger partial charge in [-0.1, -0.05) is 60.7 Å². The van der Waals surface area contributed by atoms with Crippen LogP contribution in [-0.4, -0.2) is 6.61 Å². The molecule has 0 atom stereocenters. The van der Waals surface area contributed by atoms with Gasteiger partial charge in [0.25, 0.3) is 0 Å². The van der Waals surface area contributed by atoms with Crippen LogP contribution in [0.4, 0.5) is 17.6 Å². The molecule has 0 aliphatic carbocycles. The summed E-state index contributed by atoms with van der Waals surface area (Å²) in [6, 6.07) is 12.7. The van der Waals surface area contributed by atoms with E-state index < -0.39 is 23.3 Å². The Morgan fingerprint density at radius 3 is 2.17 bits per heavy atom. The number of hydrogen-bond donors (Lipinski definition) is 0. The van der Waals surface area contributed by atoms with E-state index >= 15 is 0 Å². The Labute approximate surface area is 167 Å². The van der Waals surface area contributed by atoms with Crippen LogP contribution in [-0.2, 0) is 11.3 Å². The molecule has 3 aromatic rings. The van der Waals surface area contributed by atoms with Gasteiger partial charge in [-0.25, -0.2) is 17.6 Å². The normalized spacial score (nSPS) is 11.4. The molecule has 0 unspecified atom stereocenters. The molecule has 1 nitrogen and oxygen atoms in total. The van der Waals surface area contributed by atoms with Crippen molar-refractivity contribution in [1.29, 1.82) is 0 Å². The lowest BCUT2D eigenvalue weighted by molar-refractivity contribution is 0.131. The monoisotopic (exact) mass is 400 g/mol. The number of benzene rings is 3. The Morgan fingerprint density at radius 1 is 0.759 bits per heavy atom. The van der Waals surface area contributed by atoms with Gasteiger partial charge in [0, 0.05) is 23.3 Å². The first kappa shape index (κ1) is 20.8. The smallest absolute Gasteiger partial charge is 0.167 e. The van der Waals surface area contributed by atoms with Crippen molar-refractivity contribution in [3.63, 3.8) is 0 Å². The Balaban J connectivity index is 1.82. The van der Waals surface area contributed by atoms with Gasteiger partial charge in [0.1, 0.15) is 0 Å². The summed E-state index contributed by atoms with van der Waals surface area (Å²) in [5, 5.41) is 0. The fourth-order valence-electron chi connectivity index (χ4n) is 2.89. The summed E-state index contributed by atoms with van der Waals surface area (Å²) in [4.78, 5) is 0. The first-order valence-electron chi connectivity index (χ1n) is 9.20. The van der Waals surface area contributed by atoms with Crippen LogP contribution in [0.25, 0.3) is 23.3 Å². The van der Waals surface area contributed by atoms with E-state index in [1.807, 2.05) is 0 Å². The summed E-state index contributed by atoms with van der Waals surface area (Å²) >= 11 is 0. The Hall–Kier alpha value is -2.92. The van der Waals surface area contributed by atoms with Crippen LogP contribution >= 0.6 is 0 Å². The molecule has 29 heavy (non-hydrogen) atoms. The van der Waals surface area contributed by atoms with Gasteiger partial charge in [-0.15, -0.1) is 0 Å². The molecule has 0 heterocycles. The van der Waals surface area contributed by atoms with Gasteiger partial charge >= 0.3 is 0 Å². The molecule has 0 fully saturated rings. The first-order valence-corrected chi connectivity index (χ1v) is 9.20. The zero-order valence-electron chi connectivity index (χ0n) is 16.1. The van der Waals surface area contributed by atoms with E-state index in [9.17, 15) is 17.6 Å². The van der Waals surface area contributed by atoms with Crippen LogP contribution in [0.1, 0.15) is 29.2 Å². The number of halogens is 4. The minimum atomic E-state index is -0.928. The molecule has 0 N–H and O–H groups in total. The molecule has 0 bridgehead atoms. The molecule has 0 aliphatic heterocycles. The second-order valence-corrected chi connectivity index (χ2v) is 6.59. The first-order chi connectivity index (χ1) is 13.9. The summed E-state index contributed by atoms with van der Waals surface area (Å²) in [6.45, 7) is 3.70. The topological polar surface area (TPSA) is 9.23 Å². The van der Waals surface area contributed by atoms with Crippen LogP contribution in [0.15, 0.2) is 48.5 Å². The summed E-state index contributed by atoms with van der Waals surface area (Å²) in [5.41, 5.74) is 1.91. The van der Waals surface area contributed by atoms with Crippen molar-refractivity contribution in [3.8, 4) is 11.1 Å². The van der Waals surface area contributed by atoms with Crippen LogP contribution in [0, 0.1) is 30.2 Å². The second-order valence-electron chi connectivity index (χ2n) is 6.59. The van der Waals surface area contributed by atoms with Crippen LogP contribution in [0.2, 0.25) is 0 Å². The summed E-state index contributed by atoms with van der Waals surface area (Å²) in [6.07, 6.45) is 3.09. The van der Waals surface area contributed by atoms with E-state index in [1.165, 1.54) is 37.3 Å². The Bertz CT molecular complexity index is 1040. The molecule has 0 amide bonds. The molecule has 150 valence electrons. The molecule has 3 rings (SSSR count). The van der Waals surface area contributed by atoms with E-state index in [4.69, 9.17) is 4.74 Å². The van der Waals surface area contributed by atoms with E-state index in [-0.39, 0.29) is 28.9 Å². The van der Waals surface area contributed by atoms with Crippen molar-refractivity contribution in [1.82, 2.24) is 0 Å². The summed E-state index contributed by atoms with van der Waals surface area (Å²) < 4.78 is 61.4. The van der Waals surface area contributed by atoms with Crippen molar-refractivity contribution >= 4 is 12.2 Å². The predicted octanol–water partition coefficient (Wildman–Crippen LogP) is 6.93. The molecule has 0 radical (unpaired) electrons. The van der Waals surface area contributed by atoms with E-state index in [0.29, 0.717) is 17.7 Å². The third-order valence-corrected chi connectivity index (χ3v) is 4.61. The van der Waals surface area contributed by atoms with Crippen molar-refractivity contribution in [2.75, 3.05) is 6.61 Å². The minimum absolute atomic E-state index is 0.0133. The molecule has 5 heteroatoms. The highest BCUT2D eigenvalue weighted by Crippen LogP contribution is 2.27. The van der Waals surface area contributed by atoms with Gasteiger partial charge in [-0.2, -0.15) is 0 Å². The van der Waals surface area contributed by atoms with Gasteiger partial charge in [0.2, 0.25) is 0 Å². The van der Waals surface area contributed by atoms with Gasteiger partial charge in [-0.3, -0.25) is 0 Å². The maximum absolute atomic E-state index is 14.4. The largest absolute Gasteiger partial charge is 0.377 e. The summed E-state index contributed by atoms with van der Waals surface area (Å²) in [7, 11) is 0. The van der Waals surface area contributed by atoms with Crippen LogP contribution in [0.5, 0.6) is 0 Å². The molecule has 0 spiro atoms. The number of rotatable bonds is 6. The molecular weight excluding hydrogens is 380 g/mol. The SMILES string of the molecule is CCOCc1ccc(-c2ccc(/C=C/c3ccc(C)c(F)c3F)cc2)c(F)c1F. The maximum atomic E-state index is 14.4.